The molecule has 1 unspecified atom stereocenters. The zero-order valence-electron chi connectivity index (χ0n) is 53.9. The van der Waals surface area contributed by atoms with Crippen molar-refractivity contribution >= 4 is 0 Å². The van der Waals surface area contributed by atoms with Crippen LogP contribution in [0.5, 0.6) is 0 Å². The molecule has 0 aliphatic heterocycles. The molecule has 0 spiro atoms. The van der Waals surface area contributed by atoms with Crippen LogP contribution in [0.1, 0.15) is 369 Å². The Morgan fingerprint density at radius 2 is 0.646 bits per heavy atom. The lowest BCUT2D eigenvalue weighted by atomic mass is 9.88. The predicted molar refractivity (Wildman–Crippen MR) is 321 cm³/mol. The van der Waals surface area contributed by atoms with Crippen molar-refractivity contribution in [2.75, 3.05) is 0 Å². The molecular weight excluding hydrogens is 781 g/mol. The zero-order chi connectivity index (χ0) is 53.9. The molecule has 65 heavy (non-hydrogen) atoms. The van der Waals surface area contributed by atoms with Crippen LogP contribution < -0.4 is 0 Å². The van der Waals surface area contributed by atoms with E-state index < -0.39 is 0 Å². The summed E-state index contributed by atoms with van der Waals surface area (Å²) in [6.45, 7) is 70.1. The lowest BCUT2D eigenvalue weighted by Gasteiger charge is -2.18. The zero-order valence-corrected chi connectivity index (χ0v) is 53.9. The second-order valence-corrected chi connectivity index (χ2v) is 23.5. The summed E-state index contributed by atoms with van der Waals surface area (Å²) in [5.41, 5.74) is 1.25. The maximum atomic E-state index is 2.31. The third kappa shape index (κ3) is 201. The molecular formula is C65H150. The van der Waals surface area contributed by atoms with Crippen molar-refractivity contribution in [3.8, 4) is 0 Å². The summed E-state index contributed by atoms with van der Waals surface area (Å²) in [6, 6.07) is 0. The minimum atomic E-state index is 0.500. The minimum Gasteiger partial charge on any atom is -0.0683 e. The fraction of sp³-hybridized carbons (Fsp3) is 1.00. The second-order valence-electron chi connectivity index (χ2n) is 23.5. The van der Waals surface area contributed by atoms with Crippen molar-refractivity contribution in [1.82, 2.24) is 0 Å². The molecule has 2 atom stereocenters. The van der Waals surface area contributed by atoms with E-state index in [1.54, 1.807) is 0 Å². The summed E-state index contributed by atoms with van der Waals surface area (Å²) < 4.78 is 0. The molecule has 0 saturated heterocycles. The highest BCUT2D eigenvalue weighted by Gasteiger charge is 2.30. The molecule has 0 aromatic carbocycles. The van der Waals surface area contributed by atoms with Crippen molar-refractivity contribution in [2.24, 2.45) is 58.2 Å². The molecule has 5 aliphatic rings. The maximum absolute atomic E-state index is 2.31. The Labute approximate surface area is 425 Å². The summed E-state index contributed by atoms with van der Waals surface area (Å²) in [6.07, 6.45) is 32.4. The largest absolute Gasteiger partial charge is 0.0683 e. The normalized spacial score (nSPS) is 16.8. The lowest BCUT2D eigenvalue weighted by molar-refractivity contribution is 0.346. The van der Waals surface area contributed by atoms with Gasteiger partial charge in [0.2, 0.25) is 0 Å². The first kappa shape index (κ1) is 88.0. The van der Waals surface area contributed by atoms with Crippen LogP contribution in [0.2, 0.25) is 0 Å². The van der Waals surface area contributed by atoms with Crippen LogP contribution in [-0.2, 0) is 0 Å². The van der Waals surface area contributed by atoms with Crippen molar-refractivity contribution in [3.05, 3.63) is 0 Å². The van der Waals surface area contributed by atoms with E-state index >= 15 is 0 Å². The van der Waals surface area contributed by atoms with Crippen LogP contribution in [0, 0.1) is 58.2 Å². The van der Waals surface area contributed by atoms with Gasteiger partial charge in [-0.15, -0.1) is 0 Å². The standard InChI is InChI=1S/C6H14.4C5H10.4C5H12.C4H8.2C4H10.C3H8.2C2H6/c1-3-5-6-4-2;1-5(2)3-4-5;1-4-3-5(4)2;1-5-3-2-4-5;1-2-5-3-4-5;1-5(2,3)4;2*1-4-5(2)3;1-3-5-4-2;1-4-2-3-4;1-4(2)3;1-3-4-2;1-3-2;2*1-2/h3-6H2,1-2H3;3-4H2,1-2H3;4-5H,3H2,1-2H3;2*5H,2-4H2,1H3;1-4H3;2*5H,4H2,1-3H3;3-5H2,1-2H3;4H,2-3H2,1H3;4H,1-3H3;3-4H2,1-2H3;3H2,1-2H3;2*1-2H3/t;;4-,5?;;;;;;;;;;;;/m..1............/s1. The molecule has 0 heterocycles. The van der Waals surface area contributed by atoms with Gasteiger partial charge in [-0.25, -0.2) is 0 Å². The van der Waals surface area contributed by atoms with Crippen LogP contribution in [0.3, 0.4) is 0 Å². The van der Waals surface area contributed by atoms with E-state index in [0.29, 0.717) is 5.41 Å². The predicted octanol–water partition coefficient (Wildman–Crippen LogP) is 26.4. The van der Waals surface area contributed by atoms with E-state index in [1.165, 1.54) is 148 Å². The maximum Gasteiger partial charge on any atom is -0.0354 e. The van der Waals surface area contributed by atoms with Crippen molar-refractivity contribution in [3.63, 3.8) is 0 Å². The highest BCUT2D eigenvalue weighted by molar-refractivity contribution is 4.82. The monoisotopic (exact) mass is 931 g/mol. The molecule has 0 heteroatoms. The van der Waals surface area contributed by atoms with Crippen molar-refractivity contribution in [2.45, 2.75) is 369 Å². The van der Waals surface area contributed by atoms with E-state index in [4.69, 9.17) is 0 Å². The molecule has 5 fully saturated rings. The molecule has 0 bridgehead atoms. The first-order chi connectivity index (χ1) is 30.2. The van der Waals surface area contributed by atoms with Gasteiger partial charge in [0.1, 0.15) is 0 Å². The highest BCUT2D eigenvalue weighted by atomic mass is 14.4. The second kappa shape index (κ2) is 73.0. The van der Waals surface area contributed by atoms with E-state index in [1.807, 2.05) is 27.7 Å². The quantitative estimate of drug-likeness (QED) is 0.202. The Bertz CT molecular complexity index is 607. The van der Waals surface area contributed by atoms with E-state index in [-0.39, 0.29) is 0 Å². The molecule has 5 saturated carbocycles. The Kier molecular flexibility index (Phi) is 98.8. The molecule has 0 aromatic heterocycles. The number of hydrogen-bond acceptors (Lipinski definition) is 0. The summed E-state index contributed by atoms with van der Waals surface area (Å²) in [7, 11) is 0. The number of unbranched alkanes of at least 4 members (excludes halogenated alkanes) is 6. The van der Waals surface area contributed by atoms with E-state index in [2.05, 4.69) is 194 Å². The SMILES string of the molecule is CC.CC.CC(C)(C)C.CC(C)C.CC1(C)CC1.CC1CC1.CC1CCC1.CC1C[C@H]1C.CCC.CCC(C)C.CCC(C)C.CCC1CC1.CCCC.CCCCC.CCCCCC. The summed E-state index contributed by atoms with van der Waals surface area (Å²) in [5, 5.41) is 0. The highest BCUT2D eigenvalue weighted by Crippen LogP contribution is 2.43. The fourth-order valence-corrected chi connectivity index (χ4v) is 2.92. The molecule has 5 aliphatic carbocycles. The fourth-order valence-electron chi connectivity index (χ4n) is 2.92. The van der Waals surface area contributed by atoms with Gasteiger partial charge in [-0.3, -0.25) is 0 Å². The van der Waals surface area contributed by atoms with Crippen LogP contribution in [0.15, 0.2) is 0 Å². The van der Waals surface area contributed by atoms with Gasteiger partial charge in [-0.2, -0.15) is 0 Å². The van der Waals surface area contributed by atoms with Gasteiger partial charge in [0.25, 0.3) is 0 Å². The summed E-state index contributed by atoms with van der Waals surface area (Å²) >= 11 is 0. The Hall–Kier alpha value is 0. The van der Waals surface area contributed by atoms with Gasteiger partial charge in [-0.05, 0) is 77.4 Å². The van der Waals surface area contributed by atoms with Crippen LogP contribution in [0.25, 0.3) is 0 Å². The molecule has 0 nitrogen and oxygen atoms in total. The van der Waals surface area contributed by atoms with Crippen LogP contribution >= 0.6 is 0 Å². The molecule has 5 rings (SSSR count). The van der Waals surface area contributed by atoms with Gasteiger partial charge in [0.15, 0.2) is 0 Å². The first-order valence-electron chi connectivity index (χ1n) is 30.2. The van der Waals surface area contributed by atoms with Crippen LogP contribution in [0.4, 0.5) is 0 Å². The summed E-state index contributed by atoms with van der Waals surface area (Å²) in [5.74, 6) is 7.99. The lowest BCUT2D eigenvalue weighted by Crippen LogP contribution is -2.04. The average molecular weight is 932 g/mol. The summed E-state index contributed by atoms with van der Waals surface area (Å²) in [4.78, 5) is 0. The smallest absolute Gasteiger partial charge is 0.0354 e. The molecule has 0 amide bonds. The van der Waals surface area contributed by atoms with E-state index in [0.717, 1.165) is 52.8 Å². The molecule has 0 N–H and O–H groups in total. The Balaban J connectivity index is -0.0000000627. The molecule has 410 valence electrons. The molecule has 0 aromatic rings. The number of hydrogen-bond donors (Lipinski definition) is 0. The van der Waals surface area contributed by atoms with Gasteiger partial charge in [0, 0.05) is 0 Å². The van der Waals surface area contributed by atoms with Gasteiger partial charge in [-0.1, -0.05) is 350 Å². The third-order valence-electron chi connectivity index (χ3n) is 10.1. The van der Waals surface area contributed by atoms with Gasteiger partial charge in [0.05, 0.1) is 0 Å². The topological polar surface area (TPSA) is 0 Å². The Morgan fingerprint density at radius 1 is 0.446 bits per heavy atom. The minimum absolute atomic E-state index is 0.500. The number of rotatable bonds is 9. The first-order valence-corrected chi connectivity index (χ1v) is 30.2. The van der Waals surface area contributed by atoms with Crippen molar-refractivity contribution in [1.29, 1.82) is 0 Å². The van der Waals surface area contributed by atoms with Gasteiger partial charge < -0.3 is 0 Å². The molecule has 0 radical (unpaired) electrons. The van der Waals surface area contributed by atoms with Gasteiger partial charge >= 0.3 is 0 Å². The average Bonchev–Trinajstić information content (AvgIpc) is 4.03. The van der Waals surface area contributed by atoms with Crippen LogP contribution in [-0.4, -0.2) is 0 Å². The van der Waals surface area contributed by atoms with E-state index in [9.17, 15) is 0 Å². The Morgan fingerprint density at radius 3 is 0.662 bits per heavy atom. The van der Waals surface area contributed by atoms with Crippen molar-refractivity contribution < 1.29 is 0 Å². The third-order valence-corrected chi connectivity index (χ3v) is 10.1.